The molecule has 0 aliphatic carbocycles. The first-order valence-electron chi connectivity index (χ1n) is 13.5. The highest BCUT2D eigenvalue weighted by Crippen LogP contribution is 2.24. The zero-order valence-corrected chi connectivity index (χ0v) is 22.7. The maximum atomic E-state index is 12.8. The summed E-state index contributed by atoms with van der Waals surface area (Å²) in [6, 6.07) is 14.8. The predicted octanol–water partition coefficient (Wildman–Crippen LogP) is 3.17. The lowest BCUT2D eigenvalue weighted by molar-refractivity contribution is -0.248. The summed E-state index contributed by atoms with van der Waals surface area (Å²) in [5.74, 6) is -3.04. The normalized spacial score (nSPS) is 19.2. The summed E-state index contributed by atoms with van der Waals surface area (Å²) in [4.78, 5) is 45.4. The fourth-order valence-electron chi connectivity index (χ4n) is 4.90. The second-order valence-corrected chi connectivity index (χ2v) is 10.3. The minimum Gasteiger partial charge on any atom is -0.360 e. The van der Waals surface area contributed by atoms with Crippen molar-refractivity contribution < 1.29 is 32.4 Å². The van der Waals surface area contributed by atoms with Gasteiger partial charge >= 0.3 is 12.1 Å². The van der Waals surface area contributed by atoms with Crippen LogP contribution in [0.4, 0.5) is 13.2 Å². The third-order valence-corrected chi connectivity index (χ3v) is 7.31. The van der Waals surface area contributed by atoms with E-state index < -0.39 is 30.1 Å². The molecule has 2 atom stereocenters. The van der Waals surface area contributed by atoms with Gasteiger partial charge in [-0.25, -0.2) is 4.79 Å². The third-order valence-electron chi connectivity index (χ3n) is 7.31. The SMILES string of the molecule is CN1CCN(C(=O)c2ccc(-c3ccc(C[C@@H](C#N)NC(=O)[C@@H]4CCCCN4OC(=O)C(F)(F)F)cc3)cc2)CC1. The summed E-state index contributed by atoms with van der Waals surface area (Å²) in [5.41, 5.74) is 3.23. The topological polar surface area (TPSA) is 106 Å². The molecular formula is C29H32F3N5O4. The molecule has 2 aliphatic heterocycles. The number of piperidine rings is 1. The Morgan fingerprint density at radius 3 is 2.17 bits per heavy atom. The molecule has 0 aromatic heterocycles. The average molecular weight is 572 g/mol. The predicted molar refractivity (Wildman–Crippen MR) is 143 cm³/mol. The van der Waals surface area contributed by atoms with E-state index in [4.69, 9.17) is 0 Å². The van der Waals surface area contributed by atoms with Gasteiger partial charge in [-0.3, -0.25) is 9.59 Å². The number of halogens is 3. The lowest BCUT2D eigenvalue weighted by Gasteiger charge is -2.33. The fourth-order valence-corrected chi connectivity index (χ4v) is 4.90. The van der Waals surface area contributed by atoms with E-state index >= 15 is 0 Å². The molecule has 0 bridgehead atoms. The van der Waals surface area contributed by atoms with Crippen LogP contribution in [0.25, 0.3) is 11.1 Å². The van der Waals surface area contributed by atoms with Crippen LogP contribution in [0, 0.1) is 11.3 Å². The van der Waals surface area contributed by atoms with Crippen LogP contribution in [-0.4, -0.2) is 90.7 Å². The lowest BCUT2D eigenvalue weighted by atomic mass is 9.99. The molecule has 2 aliphatic rings. The molecule has 41 heavy (non-hydrogen) atoms. The molecule has 0 unspecified atom stereocenters. The fraction of sp³-hybridized carbons (Fsp3) is 0.448. The van der Waals surface area contributed by atoms with E-state index in [0.29, 0.717) is 31.5 Å². The summed E-state index contributed by atoms with van der Waals surface area (Å²) >= 11 is 0. The Balaban J connectivity index is 1.34. The largest absolute Gasteiger partial charge is 0.492 e. The van der Waals surface area contributed by atoms with E-state index in [1.165, 1.54) is 0 Å². The Kier molecular flexibility index (Phi) is 9.62. The molecule has 0 saturated carbocycles. The second kappa shape index (κ2) is 13.1. The Hall–Kier alpha value is -3.95. The van der Waals surface area contributed by atoms with E-state index in [-0.39, 0.29) is 25.3 Å². The maximum absolute atomic E-state index is 12.8. The van der Waals surface area contributed by atoms with Crippen LogP contribution in [0.15, 0.2) is 48.5 Å². The van der Waals surface area contributed by atoms with E-state index in [1.807, 2.05) is 66.5 Å². The monoisotopic (exact) mass is 571 g/mol. The van der Waals surface area contributed by atoms with Crippen molar-refractivity contribution in [2.45, 2.75) is 43.9 Å². The van der Waals surface area contributed by atoms with Crippen molar-refractivity contribution >= 4 is 17.8 Å². The molecule has 9 nitrogen and oxygen atoms in total. The van der Waals surface area contributed by atoms with Gasteiger partial charge in [0, 0.05) is 44.7 Å². The smallest absolute Gasteiger partial charge is 0.360 e. The number of nitriles is 1. The van der Waals surface area contributed by atoms with Crippen molar-refractivity contribution in [3.63, 3.8) is 0 Å². The van der Waals surface area contributed by atoms with Crippen molar-refractivity contribution in [2.24, 2.45) is 0 Å². The summed E-state index contributed by atoms with van der Waals surface area (Å²) in [6.07, 6.45) is -3.76. The third kappa shape index (κ3) is 7.83. The minimum atomic E-state index is -5.18. The minimum absolute atomic E-state index is 0.0103. The van der Waals surface area contributed by atoms with Crippen LogP contribution in [0.3, 0.4) is 0 Å². The van der Waals surface area contributed by atoms with Crippen LogP contribution in [0.5, 0.6) is 0 Å². The summed E-state index contributed by atoms with van der Waals surface area (Å²) in [6.45, 7) is 3.09. The van der Waals surface area contributed by atoms with Crippen LogP contribution in [0.2, 0.25) is 0 Å². The molecule has 1 N–H and O–H groups in total. The number of nitrogens with zero attached hydrogens (tertiary/aromatic N) is 4. The standard InChI is InChI=1S/C29H32F3N5O4/c1-35-14-16-36(17-15-35)27(39)23-11-9-22(10-12-23)21-7-5-20(6-8-21)18-24(19-33)34-26(38)25-4-2-3-13-37(25)41-28(40)29(30,31)32/h5-12,24-25H,2-4,13-18H2,1H3,(H,34,38)/t24-,25-/m0/s1. The van der Waals surface area contributed by atoms with Gasteiger partial charge in [0.05, 0.1) is 6.07 Å². The number of piperazine rings is 1. The van der Waals surface area contributed by atoms with Crippen LogP contribution >= 0.6 is 0 Å². The van der Waals surface area contributed by atoms with Crippen LogP contribution < -0.4 is 5.32 Å². The van der Waals surface area contributed by atoms with E-state index in [1.54, 1.807) is 0 Å². The molecular weight excluding hydrogens is 539 g/mol. The van der Waals surface area contributed by atoms with Crippen molar-refractivity contribution in [2.75, 3.05) is 39.8 Å². The average Bonchev–Trinajstić information content (AvgIpc) is 2.97. The zero-order chi connectivity index (χ0) is 29.6. The van der Waals surface area contributed by atoms with Crippen molar-refractivity contribution in [1.29, 1.82) is 5.26 Å². The van der Waals surface area contributed by atoms with E-state index in [9.17, 15) is 32.8 Å². The highest BCUT2D eigenvalue weighted by molar-refractivity contribution is 5.94. The number of hydroxylamine groups is 2. The number of benzene rings is 2. The molecule has 2 saturated heterocycles. The number of carbonyl (C=O) groups excluding carboxylic acids is 3. The first kappa shape index (κ1) is 30.0. The summed E-state index contributed by atoms with van der Waals surface area (Å²) < 4.78 is 37.9. The van der Waals surface area contributed by atoms with Crippen molar-refractivity contribution in [3.8, 4) is 17.2 Å². The molecule has 218 valence electrons. The number of hydrogen-bond donors (Lipinski definition) is 1. The van der Waals surface area contributed by atoms with Gasteiger partial charge in [-0.15, -0.1) is 5.06 Å². The van der Waals surface area contributed by atoms with Gasteiger partial charge < -0.3 is 20.0 Å². The van der Waals surface area contributed by atoms with Gasteiger partial charge in [0.25, 0.3) is 5.91 Å². The molecule has 0 radical (unpaired) electrons. The molecule has 4 rings (SSSR count). The van der Waals surface area contributed by atoms with Gasteiger partial charge in [0.2, 0.25) is 5.91 Å². The maximum Gasteiger partial charge on any atom is 0.492 e. The molecule has 2 heterocycles. The first-order valence-corrected chi connectivity index (χ1v) is 13.5. The lowest BCUT2D eigenvalue weighted by Crippen LogP contribution is -2.53. The number of amides is 2. The quantitative estimate of drug-likeness (QED) is 0.544. The van der Waals surface area contributed by atoms with Gasteiger partial charge in [0.15, 0.2) is 0 Å². The van der Waals surface area contributed by atoms with E-state index in [2.05, 4.69) is 15.1 Å². The van der Waals surface area contributed by atoms with Gasteiger partial charge in [-0.2, -0.15) is 18.4 Å². The second-order valence-electron chi connectivity index (χ2n) is 10.3. The summed E-state index contributed by atoms with van der Waals surface area (Å²) in [5, 5.41) is 12.9. The van der Waals surface area contributed by atoms with Gasteiger partial charge in [-0.05, 0) is 55.1 Å². The Bertz CT molecular complexity index is 1270. The molecule has 12 heteroatoms. The Morgan fingerprint density at radius 1 is 0.976 bits per heavy atom. The highest BCUT2D eigenvalue weighted by atomic mass is 19.4. The van der Waals surface area contributed by atoms with Crippen LogP contribution in [-0.2, 0) is 20.8 Å². The number of alkyl halides is 3. The molecule has 2 amide bonds. The molecule has 2 fully saturated rings. The number of nitrogens with one attached hydrogen (secondary N) is 1. The number of likely N-dealkylation sites (N-methyl/N-ethyl adjacent to an activating group) is 1. The number of hydrogen-bond acceptors (Lipinski definition) is 7. The molecule has 0 spiro atoms. The van der Waals surface area contributed by atoms with Gasteiger partial charge in [0.1, 0.15) is 12.1 Å². The number of rotatable bonds is 7. The van der Waals surface area contributed by atoms with Crippen molar-refractivity contribution in [1.82, 2.24) is 20.2 Å². The van der Waals surface area contributed by atoms with Crippen LogP contribution in [0.1, 0.15) is 35.2 Å². The first-order chi connectivity index (χ1) is 19.5. The van der Waals surface area contributed by atoms with Gasteiger partial charge in [-0.1, -0.05) is 36.4 Å². The Labute approximate surface area is 236 Å². The highest BCUT2D eigenvalue weighted by Gasteiger charge is 2.44. The van der Waals surface area contributed by atoms with Crippen molar-refractivity contribution in [3.05, 3.63) is 59.7 Å². The Morgan fingerprint density at radius 2 is 1.59 bits per heavy atom. The summed E-state index contributed by atoms with van der Waals surface area (Å²) in [7, 11) is 2.04. The van der Waals surface area contributed by atoms with E-state index in [0.717, 1.165) is 34.8 Å². The number of carbonyl (C=O) groups is 3. The zero-order valence-electron chi connectivity index (χ0n) is 22.7. The molecule has 2 aromatic rings. The molecule has 2 aromatic carbocycles.